The Bertz CT molecular complexity index is 1330. The smallest absolute Gasteiger partial charge is 0.197 e. The summed E-state index contributed by atoms with van der Waals surface area (Å²) in [6, 6.07) is 17.0. The van der Waals surface area contributed by atoms with Crippen LogP contribution in [0.1, 0.15) is 30.0 Å². The maximum absolute atomic E-state index is 15.2. The molecule has 4 nitrogen and oxygen atoms in total. The quantitative estimate of drug-likeness (QED) is 0.365. The highest BCUT2D eigenvalue weighted by molar-refractivity contribution is 6.00. The molecule has 1 heterocycles. The zero-order valence-electron chi connectivity index (χ0n) is 17.5. The van der Waals surface area contributed by atoms with Crippen molar-refractivity contribution >= 4 is 16.6 Å². The van der Waals surface area contributed by atoms with Crippen LogP contribution < -0.4 is 0 Å². The summed E-state index contributed by atoms with van der Waals surface area (Å²) >= 11 is 0. The molecule has 1 N–H and O–H groups in total. The number of aromatic nitrogens is 2. The fourth-order valence-electron chi connectivity index (χ4n) is 4.03. The predicted octanol–water partition coefficient (Wildman–Crippen LogP) is 6.91. The number of aromatic amines is 1. The van der Waals surface area contributed by atoms with Gasteiger partial charge < -0.3 is 0 Å². The van der Waals surface area contributed by atoms with Crippen molar-refractivity contribution in [2.45, 2.75) is 33.1 Å². The molecule has 0 atom stereocenters. The lowest BCUT2D eigenvalue weighted by molar-refractivity contribution is 0.627. The third-order valence-corrected chi connectivity index (χ3v) is 5.47. The average Bonchev–Trinajstić information content (AvgIpc) is 3.16. The molecule has 1 aromatic heterocycles. The number of fused-ring (bicyclic) bond motifs is 1. The van der Waals surface area contributed by atoms with Gasteiger partial charge in [-0.05, 0) is 47.7 Å². The first-order chi connectivity index (χ1) is 15.0. The summed E-state index contributed by atoms with van der Waals surface area (Å²) in [6.07, 6.45) is 2.12. The minimum absolute atomic E-state index is 0.307. The molecule has 0 aliphatic carbocycles. The van der Waals surface area contributed by atoms with Crippen molar-refractivity contribution < 1.29 is 4.39 Å². The molecule has 152 valence electrons. The van der Waals surface area contributed by atoms with Gasteiger partial charge in [0.2, 0.25) is 0 Å². The van der Waals surface area contributed by atoms with Crippen LogP contribution in [0.4, 0.5) is 10.1 Å². The number of nitrogens with one attached hydrogen (secondary N) is 1. The fraction of sp³-hybridized carbons (Fsp3) is 0.192. The van der Waals surface area contributed by atoms with Gasteiger partial charge in [-0.2, -0.15) is 10.4 Å². The Morgan fingerprint density at radius 3 is 2.55 bits per heavy atom. The van der Waals surface area contributed by atoms with Crippen molar-refractivity contribution in [3.63, 3.8) is 0 Å². The Morgan fingerprint density at radius 2 is 1.90 bits per heavy atom. The first-order valence-corrected chi connectivity index (χ1v) is 10.2. The van der Waals surface area contributed by atoms with E-state index in [2.05, 4.69) is 28.0 Å². The monoisotopic (exact) mass is 408 g/mol. The van der Waals surface area contributed by atoms with E-state index in [1.165, 1.54) is 0 Å². The van der Waals surface area contributed by atoms with Crippen LogP contribution in [-0.2, 0) is 12.8 Å². The number of benzene rings is 3. The van der Waals surface area contributed by atoms with Gasteiger partial charge in [-0.3, -0.25) is 5.10 Å². The minimum atomic E-state index is -0.307. The van der Waals surface area contributed by atoms with Crippen LogP contribution in [0, 0.1) is 30.6 Å². The summed E-state index contributed by atoms with van der Waals surface area (Å²) in [5, 5.41) is 17.1. The van der Waals surface area contributed by atoms with Gasteiger partial charge in [0.1, 0.15) is 5.82 Å². The van der Waals surface area contributed by atoms with Crippen LogP contribution in [0.2, 0.25) is 0 Å². The van der Waals surface area contributed by atoms with Crippen molar-refractivity contribution in [3.05, 3.63) is 82.5 Å². The van der Waals surface area contributed by atoms with Crippen LogP contribution in [0.15, 0.2) is 48.5 Å². The second kappa shape index (κ2) is 8.42. The summed E-state index contributed by atoms with van der Waals surface area (Å²) in [7, 11) is 0. The average molecular weight is 408 g/mol. The van der Waals surface area contributed by atoms with Gasteiger partial charge in [-0.15, -0.1) is 0 Å². The second-order valence-electron chi connectivity index (χ2n) is 7.65. The SMILES string of the molecule is [C-]#[N+]c1cc2[nH]nc(-c3ccc(CC#N)cc3)c2cc1-c1c(C)cc(CCC)cc1F. The molecule has 0 saturated heterocycles. The van der Waals surface area contributed by atoms with Gasteiger partial charge in [0, 0.05) is 16.5 Å². The number of halogens is 1. The summed E-state index contributed by atoms with van der Waals surface area (Å²) in [5.74, 6) is -0.307. The molecule has 3 aromatic carbocycles. The highest BCUT2D eigenvalue weighted by Gasteiger charge is 2.18. The molecule has 0 radical (unpaired) electrons. The number of aryl methyl sites for hydroxylation is 2. The van der Waals surface area contributed by atoms with E-state index in [9.17, 15) is 0 Å². The van der Waals surface area contributed by atoms with E-state index in [1.54, 1.807) is 12.1 Å². The van der Waals surface area contributed by atoms with Gasteiger partial charge in [-0.1, -0.05) is 49.7 Å². The zero-order valence-corrected chi connectivity index (χ0v) is 17.5. The number of hydrogen-bond donors (Lipinski definition) is 1. The predicted molar refractivity (Wildman–Crippen MR) is 121 cm³/mol. The van der Waals surface area contributed by atoms with Crippen molar-refractivity contribution in [1.29, 1.82) is 5.26 Å². The summed E-state index contributed by atoms with van der Waals surface area (Å²) in [4.78, 5) is 3.66. The molecule has 0 bridgehead atoms. The molecule has 4 aromatic rings. The van der Waals surface area contributed by atoms with Gasteiger partial charge in [-0.25, -0.2) is 9.24 Å². The van der Waals surface area contributed by atoms with Crippen LogP contribution in [-0.4, -0.2) is 10.2 Å². The fourth-order valence-corrected chi connectivity index (χ4v) is 4.03. The topological polar surface area (TPSA) is 56.8 Å². The Kier molecular flexibility index (Phi) is 5.52. The first-order valence-electron chi connectivity index (χ1n) is 10.2. The number of nitrogens with zero attached hydrogens (tertiary/aromatic N) is 3. The lowest BCUT2D eigenvalue weighted by Gasteiger charge is -2.13. The van der Waals surface area contributed by atoms with Gasteiger partial charge >= 0.3 is 0 Å². The lowest BCUT2D eigenvalue weighted by atomic mass is 9.93. The van der Waals surface area contributed by atoms with E-state index in [-0.39, 0.29) is 5.82 Å². The highest BCUT2D eigenvalue weighted by Crippen LogP contribution is 2.40. The van der Waals surface area contributed by atoms with Crippen LogP contribution >= 0.6 is 0 Å². The molecule has 31 heavy (non-hydrogen) atoms. The molecule has 0 amide bonds. The Balaban J connectivity index is 1.89. The third-order valence-electron chi connectivity index (χ3n) is 5.47. The van der Waals surface area contributed by atoms with E-state index in [0.717, 1.165) is 51.7 Å². The molecular formula is C26H21FN4. The van der Waals surface area contributed by atoms with Gasteiger partial charge in [0.05, 0.1) is 30.3 Å². The van der Waals surface area contributed by atoms with E-state index < -0.39 is 0 Å². The molecule has 4 rings (SSSR count). The normalized spacial score (nSPS) is 10.7. The minimum Gasteiger partial charge on any atom is -0.278 e. The zero-order chi connectivity index (χ0) is 22.0. The van der Waals surface area contributed by atoms with E-state index in [0.29, 0.717) is 23.2 Å². The lowest BCUT2D eigenvalue weighted by Crippen LogP contribution is -1.94. The molecule has 0 unspecified atom stereocenters. The van der Waals surface area contributed by atoms with Crippen molar-refractivity contribution in [2.75, 3.05) is 0 Å². The Morgan fingerprint density at radius 1 is 1.13 bits per heavy atom. The van der Waals surface area contributed by atoms with Crippen LogP contribution in [0.3, 0.4) is 0 Å². The van der Waals surface area contributed by atoms with E-state index in [1.807, 2.05) is 43.3 Å². The molecule has 0 aliphatic rings. The standard InChI is InChI=1S/C26H21FN4/c1-4-5-18-12-16(2)25(22(27)13-18)20-14-21-24(15-23(20)29-3)30-31-26(21)19-8-6-17(7-9-19)10-11-28/h6-9,12-15H,4-5,10H2,1-2H3,(H,30,31). The summed E-state index contributed by atoms with van der Waals surface area (Å²) < 4.78 is 15.2. The number of hydrogen-bond acceptors (Lipinski definition) is 2. The van der Waals surface area contributed by atoms with E-state index >= 15 is 4.39 Å². The van der Waals surface area contributed by atoms with Crippen molar-refractivity contribution in [3.8, 4) is 28.5 Å². The molecule has 5 heteroatoms. The number of H-pyrrole nitrogens is 1. The number of nitriles is 1. The van der Waals surface area contributed by atoms with Crippen molar-refractivity contribution in [1.82, 2.24) is 10.2 Å². The molecule has 0 fully saturated rings. The molecular weight excluding hydrogens is 387 g/mol. The third kappa shape index (κ3) is 3.79. The maximum atomic E-state index is 15.2. The maximum Gasteiger partial charge on any atom is 0.197 e. The summed E-state index contributed by atoms with van der Waals surface area (Å²) in [5.41, 5.74) is 6.50. The second-order valence-corrected chi connectivity index (χ2v) is 7.65. The summed E-state index contributed by atoms with van der Waals surface area (Å²) in [6.45, 7) is 11.6. The molecule has 0 aliphatic heterocycles. The number of rotatable bonds is 5. The van der Waals surface area contributed by atoms with E-state index in [4.69, 9.17) is 11.8 Å². The van der Waals surface area contributed by atoms with Crippen LogP contribution in [0.25, 0.3) is 38.1 Å². The largest absolute Gasteiger partial charge is 0.278 e. The van der Waals surface area contributed by atoms with Crippen LogP contribution in [0.5, 0.6) is 0 Å². The van der Waals surface area contributed by atoms with Gasteiger partial charge in [0.15, 0.2) is 5.69 Å². The first kappa shape index (κ1) is 20.3. The highest BCUT2D eigenvalue weighted by atomic mass is 19.1. The Labute approximate surface area is 180 Å². The molecule has 0 saturated carbocycles. The molecule has 0 spiro atoms. The Hall–Kier alpha value is -3.96. The van der Waals surface area contributed by atoms with Gasteiger partial charge in [0.25, 0.3) is 0 Å². The van der Waals surface area contributed by atoms with Crippen molar-refractivity contribution in [2.24, 2.45) is 0 Å².